The first-order chi connectivity index (χ1) is 11.5. The van der Waals surface area contributed by atoms with Gasteiger partial charge in [-0.15, -0.1) is 5.10 Å². The van der Waals surface area contributed by atoms with Gasteiger partial charge in [0, 0.05) is 19.6 Å². The summed E-state index contributed by atoms with van der Waals surface area (Å²) in [5.41, 5.74) is 3.70. The van der Waals surface area contributed by atoms with E-state index in [9.17, 15) is 0 Å². The van der Waals surface area contributed by atoms with Gasteiger partial charge in [-0.05, 0) is 44.7 Å². The number of ether oxygens (including phenoxy) is 1. The molecular formula is C19H26N4O. The Morgan fingerprint density at radius 2 is 2.08 bits per heavy atom. The molecule has 2 aromatic rings. The molecule has 128 valence electrons. The Balaban J connectivity index is 1.51. The Kier molecular flexibility index (Phi) is 3.73. The molecule has 0 saturated carbocycles. The van der Waals surface area contributed by atoms with E-state index in [1.165, 1.54) is 11.1 Å². The molecule has 1 aliphatic heterocycles. The third kappa shape index (κ3) is 2.76. The van der Waals surface area contributed by atoms with Gasteiger partial charge in [-0.25, -0.2) is 4.68 Å². The number of benzene rings is 1. The maximum atomic E-state index is 6.30. The van der Waals surface area contributed by atoms with Crippen LogP contribution in [-0.2, 0) is 28.8 Å². The molecule has 0 N–H and O–H groups in total. The SMILES string of the molecule is CC(C)(C)n1cc(CN2CCO[C@]3(CCc4ccccc43)C2)nn1. The molecule has 1 aliphatic carbocycles. The largest absolute Gasteiger partial charge is 0.368 e. The Morgan fingerprint density at radius 3 is 2.88 bits per heavy atom. The summed E-state index contributed by atoms with van der Waals surface area (Å²) in [5.74, 6) is 0. The zero-order chi connectivity index (χ0) is 16.8. The zero-order valence-electron chi connectivity index (χ0n) is 14.8. The fraction of sp³-hybridized carbons (Fsp3) is 0.579. The summed E-state index contributed by atoms with van der Waals surface area (Å²) >= 11 is 0. The second kappa shape index (κ2) is 5.67. The van der Waals surface area contributed by atoms with Gasteiger partial charge in [0.05, 0.1) is 24.0 Å². The fourth-order valence-corrected chi connectivity index (χ4v) is 3.89. The third-order valence-electron chi connectivity index (χ3n) is 5.19. The number of morpholine rings is 1. The Morgan fingerprint density at radius 1 is 1.25 bits per heavy atom. The van der Waals surface area contributed by atoms with Crippen LogP contribution in [-0.4, -0.2) is 39.6 Å². The van der Waals surface area contributed by atoms with Crippen LogP contribution in [0, 0.1) is 0 Å². The predicted molar refractivity (Wildman–Crippen MR) is 92.7 cm³/mol. The lowest BCUT2D eigenvalue weighted by Gasteiger charge is -2.41. The van der Waals surface area contributed by atoms with E-state index in [1.807, 2.05) is 4.68 Å². The molecule has 2 heterocycles. The molecule has 1 atom stereocenters. The number of hydrogen-bond acceptors (Lipinski definition) is 4. The van der Waals surface area contributed by atoms with Gasteiger partial charge >= 0.3 is 0 Å². The summed E-state index contributed by atoms with van der Waals surface area (Å²) in [6.07, 6.45) is 4.27. The summed E-state index contributed by atoms with van der Waals surface area (Å²) in [7, 11) is 0. The fourth-order valence-electron chi connectivity index (χ4n) is 3.89. The first kappa shape index (κ1) is 15.8. The molecule has 0 bridgehead atoms. The predicted octanol–water partition coefficient (Wildman–Crippen LogP) is 2.71. The molecule has 5 heteroatoms. The average molecular weight is 326 g/mol. The zero-order valence-corrected chi connectivity index (χ0v) is 14.8. The van der Waals surface area contributed by atoms with Gasteiger partial charge in [0.1, 0.15) is 5.60 Å². The molecule has 0 unspecified atom stereocenters. The molecule has 1 spiro atoms. The highest BCUT2D eigenvalue weighted by Crippen LogP contribution is 2.42. The minimum atomic E-state index is -0.130. The van der Waals surface area contributed by atoms with Crippen LogP contribution < -0.4 is 0 Å². The lowest BCUT2D eigenvalue weighted by Crippen LogP contribution is -2.48. The molecule has 1 aromatic heterocycles. The summed E-state index contributed by atoms with van der Waals surface area (Å²) in [6, 6.07) is 8.73. The van der Waals surface area contributed by atoms with Crippen molar-refractivity contribution < 1.29 is 4.74 Å². The van der Waals surface area contributed by atoms with Crippen molar-refractivity contribution in [2.24, 2.45) is 0 Å². The number of hydrogen-bond donors (Lipinski definition) is 0. The number of fused-ring (bicyclic) bond motifs is 2. The lowest BCUT2D eigenvalue weighted by molar-refractivity contribution is -0.116. The molecule has 5 nitrogen and oxygen atoms in total. The number of rotatable bonds is 2. The monoisotopic (exact) mass is 326 g/mol. The maximum Gasteiger partial charge on any atom is 0.106 e. The molecule has 2 aliphatic rings. The van der Waals surface area contributed by atoms with Crippen molar-refractivity contribution in [2.75, 3.05) is 19.7 Å². The van der Waals surface area contributed by atoms with E-state index in [0.29, 0.717) is 0 Å². The quantitative estimate of drug-likeness (QED) is 0.851. The van der Waals surface area contributed by atoms with E-state index in [2.05, 4.69) is 66.4 Å². The van der Waals surface area contributed by atoms with E-state index in [-0.39, 0.29) is 11.1 Å². The van der Waals surface area contributed by atoms with Crippen LogP contribution >= 0.6 is 0 Å². The van der Waals surface area contributed by atoms with Crippen LogP contribution in [0.3, 0.4) is 0 Å². The van der Waals surface area contributed by atoms with E-state index < -0.39 is 0 Å². The second-order valence-corrected chi connectivity index (χ2v) is 8.04. The summed E-state index contributed by atoms with van der Waals surface area (Å²) in [5, 5.41) is 8.65. The molecule has 0 amide bonds. The first-order valence-corrected chi connectivity index (χ1v) is 8.83. The Hall–Kier alpha value is -1.72. The van der Waals surface area contributed by atoms with Crippen molar-refractivity contribution in [3.8, 4) is 0 Å². The molecule has 0 radical (unpaired) electrons. The summed E-state index contributed by atoms with van der Waals surface area (Å²) < 4.78 is 8.25. The third-order valence-corrected chi connectivity index (χ3v) is 5.19. The second-order valence-electron chi connectivity index (χ2n) is 8.04. The van der Waals surface area contributed by atoms with Gasteiger partial charge in [-0.3, -0.25) is 4.90 Å². The molecule has 1 aromatic carbocycles. The van der Waals surface area contributed by atoms with Crippen molar-refractivity contribution in [3.63, 3.8) is 0 Å². The van der Waals surface area contributed by atoms with E-state index >= 15 is 0 Å². The van der Waals surface area contributed by atoms with Crippen LogP contribution in [0.2, 0.25) is 0 Å². The topological polar surface area (TPSA) is 43.2 Å². The van der Waals surface area contributed by atoms with Crippen molar-refractivity contribution >= 4 is 0 Å². The summed E-state index contributed by atoms with van der Waals surface area (Å²) in [6.45, 7) is 9.93. The minimum absolute atomic E-state index is 0.0259. The van der Waals surface area contributed by atoms with Gasteiger partial charge in [-0.1, -0.05) is 29.5 Å². The van der Waals surface area contributed by atoms with Gasteiger partial charge in [-0.2, -0.15) is 0 Å². The van der Waals surface area contributed by atoms with Crippen molar-refractivity contribution in [2.45, 2.75) is 51.3 Å². The Bertz CT molecular complexity index is 729. The van der Waals surface area contributed by atoms with Crippen LogP contribution in [0.25, 0.3) is 0 Å². The molecule has 4 rings (SSSR count). The highest BCUT2D eigenvalue weighted by molar-refractivity contribution is 5.38. The van der Waals surface area contributed by atoms with Gasteiger partial charge in [0.25, 0.3) is 0 Å². The normalized spacial score (nSPS) is 24.5. The van der Waals surface area contributed by atoms with E-state index in [0.717, 1.165) is 44.8 Å². The smallest absolute Gasteiger partial charge is 0.106 e. The molecule has 24 heavy (non-hydrogen) atoms. The van der Waals surface area contributed by atoms with Gasteiger partial charge in [0.15, 0.2) is 0 Å². The highest BCUT2D eigenvalue weighted by atomic mass is 16.5. The van der Waals surface area contributed by atoms with Crippen LogP contribution in [0.1, 0.15) is 44.0 Å². The standard InChI is InChI=1S/C19H26N4O/c1-18(2,3)23-13-16(20-21-23)12-22-10-11-24-19(14-22)9-8-15-6-4-5-7-17(15)19/h4-7,13H,8-12,14H2,1-3H3/t19-/m1/s1. The maximum absolute atomic E-state index is 6.30. The highest BCUT2D eigenvalue weighted by Gasteiger charge is 2.43. The van der Waals surface area contributed by atoms with E-state index in [4.69, 9.17) is 4.74 Å². The van der Waals surface area contributed by atoms with Gasteiger partial charge in [0.2, 0.25) is 0 Å². The molecule has 1 fully saturated rings. The molecular weight excluding hydrogens is 300 g/mol. The van der Waals surface area contributed by atoms with Crippen LogP contribution in [0.4, 0.5) is 0 Å². The average Bonchev–Trinajstić information content (AvgIpc) is 3.14. The number of nitrogens with zero attached hydrogens (tertiary/aromatic N) is 4. The summed E-state index contributed by atoms with van der Waals surface area (Å²) in [4.78, 5) is 2.46. The van der Waals surface area contributed by atoms with Gasteiger partial charge < -0.3 is 4.74 Å². The van der Waals surface area contributed by atoms with Crippen LogP contribution in [0.15, 0.2) is 30.5 Å². The molecule has 1 saturated heterocycles. The van der Waals surface area contributed by atoms with Crippen molar-refractivity contribution in [1.29, 1.82) is 0 Å². The number of aryl methyl sites for hydroxylation is 1. The van der Waals surface area contributed by atoms with E-state index in [1.54, 1.807) is 0 Å². The van der Waals surface area contributed by atoms with Crippen LogP contribution in [0.5, 0.6) is 0 Å². The lowest BCUT2D eigenvalue weighted by atomic mass is 9.93. The minimum Gasteiger partial charge on any atom is -0.368 e. The first-order valence-electron chi connectivity index (χ1n) is 8.83. The number of aromatic nitrogens is 3. The van der Waals surface area contributed by atoms with Crippen molar-refractivity contribution in [1.82, 2.24) is 19.9 Å². The van der Waals surface area contributed by atoms with Crippen molar-refractivity contribution in [3.05, 3.63) is 47.3 Å². The Labute approximate surface area is 143 Å².